The molecule has 2 N–H and O–H groups in total. The van der Waals surface area contributed by atoms with Crippen LogP contribution in [0.15, 0.2) is 22.5 Å². The number of hydrogen-bond acceptors (Lipinski definition) is 5. The van der Waals surface area contributed by atoms with Gasteiger partial charge in [0.1, 0.15) is 10.8 Å². The van der Waals surface area contributed by atoms with Gasteiger partial charge in [0.2, 0.25) is 0 Å². The Labute approximate surface area is 101 Å². The molecule has 0 amide bonds. The van der Waals surface area contributed by atoms with Gasteiger partial charge in [-0.25, -0.2) is 4.39 Å². The van der Waals surface area contributed by atoms with Gasteiger partial charge in [0.25, 0.3) is 0 Å². The van der Waals surface area contributed by atoms with Crippen LogP contribution >= 0.6 is 23.1 Å². The van der Waals surface area contributed by atoms with Crippen molar-refractivity contribution in [2.24, 2.45) is 0 Å². The van der Waals surface area contributed by atoms with Crippen LogP contribution in [0.25, 0.3) is 0 Å². The highest BCUT2D eigenvalue weighted by atomic mass is 32.2. The molecule has 1 aromatic heterocycles. The third-order valence-electron chi connectivity index (χ3n) is 1.97. The van der Waals surface area contributed by atoms with E-state index in [-0.39, 0.29) is 5.82 Å². The minimum absolute atomic E-state index is 0.307. The lowest BCUT2D eigenvalue weighted by Gasteiger charge is -2.03. The second kappa shape index (κ2) is 4.80. The first-order valence-corrected chi connectivity index (χ1v) is 6.42. The summed E-state index contributed by atoms with van der Waals surface area (Å²) >= 11 is 3.10. The first-order valence-electron chi connectivity index (χ1n) is 4.62. The van der Waals surface area contributed by atoms with Crippen LogP contribution in [0.3, 0.4) is 0 Å². The number of thioether (sulfide) groups is 1. The largest absolute Gasteiger partial charge is 0.398 e. The fourth-order valence-electron chi connectivity index (χ4n) is 1.17. The average molecular weight is 255 g/mol. The van der Waals surface area contributed by atoms with Crippen LogP contribution in [0.5, 0.6) is 0 Å². The van der Waals surface area contributed by atoms with Gasteiger partial charge in [0, 0.05) is 11.4 Å². The third kappa shape index (κ3) is 2.70. The highest BCUT2D eigenvalue weighted by Crippen LogP contribution is 2.27. The minimum Gasteiger partial charge on any atom is -0.398 e. The Hall–Kier alpha value is -1.14. The Balaban J connectivity index is 2.04. The van der Waals surface area contributed by atoms with Gasteiger partial charge in [-0.1, -0.05) is 29.2 Å². The van der Waals surface area contributed by atoms with Gasteiger partial charge in [-0.2, -0.15) is 0 Å². The lowest BCUT2D eigenvalue weighted by atomic mass is 10.2. The van der Waals surface area contributed by atoms with Gasteiger partial charge < -0.3 is 5.73 Å². The zero-order chi connectivity index (χ0) is 11.5. The molecule has 0 aliphatic carbocycles. The minimum atomic E-state index is -0.307. The Morgan fingerprint density at radius 3 is 2.88 bits per heavy atom. The van der Waals surface area contributed by atoms with Crippen LogP contribution in [0, 0.1) is 12.7 Å². The normalized spacial score (nSPS) is 10.6. The van der Waals surface area contributed by atoms with Crippen molar-refractivity contribution < 1.29 is 4.39 Å². The number of halogens is 1. The van der Waals surface area contributed by atoms with Crippen LogP contribution in [0.4, 0.5) is 10.1 Å². The van der Waals surface area contributed by atoms with Crippen molar-refractivity contribution in [1.82, 2.24) is 10.2 Å². The monoisotopic (exact) mass is 255 g/mol. The molecule has 1 heterocycles. The van der Waals surface area contributed by atoms with E-state index < -0.39 is 0 Å². The lowest BCUT2D eigenvalue weighted by molar-refractivity contribution is 0.628. The molecule has 0 unspecified atom stereocenters. The van der Waals surface area contributed by atoms with Crippen molar-refractivity contribution in [1.29, 1.82) is 0 Å². The number of anilines is 1. The van der Waals surface area contributed by atoms with E-state index in [1.807, 2.05) is 6.92 Å². The van der Waals surface area contributed by atoms with E-state index in [1.54, 1.807) is 29.2 Å². The summed E-state index contributed by atoms with van der Waals surface area (Å²) in [5.41, 5.74) is 7.10. The molecule has 0 radical (unpaired) electrons. The summed E-state index contributed by atoms with van der Waals surface area (Å²) in [7, 11) is 0. The molecule has 0 aliphatic heterocycles. The van der Waals surface area contributed by atoms with Crippen molar-refractivity contribution in [3.8, 4) is 0 Å². The number of nitrogens with two attached hydrogens (primary N) is 1. The van der Waals surface area contributed by atoms with Gasteiger partial charge in [0.05, 0.1) is 0 Å². The first-order chi connectivity index (χ1) is 7.65. The van der Waals surface area contributed by atoms with Crippen molar-refractivity contribution in [2.45, 2.75) is 17.0 Å². The average Bonchev–Trinajstić information content (AvgIpc) is 2.63. The second-order valence-electron chi connectivity index (χ2n) is 3.22. The molecule has 6 heteroatoms. The fraction of sp³-hybridized carbons (Fsp3) is 0.200. The van der Waals surface area contributed by atoms with E-state index in [0.717, 1.165) is 14.9 Å². The predicted octanol–water partition coefficient (Wildman–Crippen LogP) is 2.86. The molecule has 84 valence electrons. The van der Waals surface area contributed by atoms with E-state index in [4.69, 9.17) is 5.73 Å². The molecule has 2 aromatic rings. The summed E-state index contributed by atoms with van der Waals surface area (Å²) < 4.78 is 13.7. The van der Waals surface area contributed by atoms with Crippen molar-refractivity contribution >= 4 is 28.8 Å². The number of aryl methyl sites for hydroxylation is 1. The molecular weight excluding hydrogens is 245 g/mol. The summed E-state index contributed by atoms with van der Waals surface area (Å²) in [4.78, 5) is 0. The lowest BCUT2D eigenvalue weighted by Crippen LogP contribution is -1.93. The zero-order valence-electron chi connectivity index (χ0n) is 8.61. The van der Waals surface area contributed by atoms with Crippen LogP contribution in [-0.4, -0.2) is 10.2 Å². The number of nitrogen functional groups attached to an aromatic ring is 1. The number of hydrogen-bond donors (Lipinski definition) is 1. The number of nitrogens with zero attached hydrogens (tertiary/aromatic N) is 2. The number of benzene rings is 1. The Morgan fingerprint density at radius 1 is 1.44 bits per heavy atom. The Kier molecular flexibility index (Phi) is 3.40. The Morgan fingerprint density at radius 2 is 2.25 bits per heavy atom. The van der Waals surface area contributed by atoms with Crippen LogP contribution in [0.1, 0.15) is 10.6 Å². The van der Waals surface area contributed by atoms with E-state index in [9.17, 15) is 4.39 Å². The van der Waals surface area contributed by atoms with Gasteiger partial charge in [-0.15, -0.1) is 10.2 Å². The highest BCUT2D eigenvalue weighted by molar-refractivity contribution is 8.00. The molecular formula is C10H10FN3S2. The van der Waals surface area contributed by atoms with Gasteiger partial charge in [0.15, 0.2) is 4.34 Å². The van der Waals surface area contributed by atoms with Gasteiger partial charge >= 0.3 is 0 Å². The second-order valence-corrected chi connectivity index (χ2v) is 5.62. The molecule has 0 spiro atoms. The van der Waals surface area contributed by atoms with E-state index in [1.165, 1.54) is 12.1 Å². The van der Waals surface area contributed by atoms with Crippen molar-refractivity contribution in [3.63, 3.8) is 0 Å². The predicted molar refractivity (Wildman–Crippen MR) is 65.0 cm³/mol. The smallest absolute Gasteiger partial charge is 0.174 e. The maximum atomic E-state index is 12.8. The summed E-state index contributed by atoms with van der Waals surface area (Å²) in [6, 6.07) is 4.45. The Bertz CT molecular complexity index is 499. The summed E-state index contributed by atoms with van der Waals surface area (Å²) in [6.45, 7) is 1.91. The molecule has 3 nitrogen and oxygen atoms in total. The van der Waals surface area contributed by atoms with Crippen LogP contribution in [0.2, 0.25) is 0 Å². The van der Waals surface area contributed by atoms with Crippen molar-refractivity contribution in [3.05, 3.63) is 34.6 Å². The highest BCUT2D eigenvalue weighted by Gasteiger charge is 2.05. The fourth-order valence-corrected chi connectivity index (χ4v) is 3.00. The third-order valence-corrected chi connectivity index (χ3v) is 3.99. The van der Waals surface area contributed by atoms with Crippen LogP contribution < -0.4 is 5.73 Å². The van der Waals surface area contributed by atoms with E-state index in [2.05, 4.69) is 10.2 Å². The van der Waals surface area contributed by atoms with Gasteiger partial charge in [-0.05, 0) is 24.6 Å². The quantitative estimate of drug-likeness (QED) is 0.677. The molecule has 1 aromatic carbocycles. The number of rotatable bonds is 3. The summed E-state index contributed by atoms with van der Waals surface area (Å²) in [5, 5.41) is 8.86. The standard InChI is InChI=1S/C10H10FN3S2/c1-6-13-14-10(16-6)15-5-7-2-3-8(11)4-9(7)12/h2-4H,5,12H2,1H3. The molecule has 0 atom stereocenters. The van der Waals surface area contributed by atoms with E-state index in [0.29, 0.717) is 11.4 Å². The number of aromatic nitrogens is 2. The molecule has 0 saturated carbocycles. The molecule has 16 heavy (non-hydrogen) atoms. The zero-order valence-corrected chi connectivity index (χ0v) is 10.2. The summed E-state index contributed by atoms with van der Waals surface area (Å²) in [5.74, 6) is 0.374. The van der Waals surface area contributed by atoms with Crippen LogP contribution in [-0.2, 0) is 5.75 Å². The van der Waals surface area contributed by atoms with Crippen molar-refractivity contribution in [2.75, 3.05) is 5.73 Å². The SMILES string of the molecule is Cc1nnc(SCc2ccc(F)cc2N)s1. The molecule has 0 aliphatic rings. The van der Waals surface area contributed by atoms with E-state index >= 15 is 0 Å². The topological polar surface area (TPSA) is 51.8 Å². The summed E-state index contributed by atoms with van der Waals surface area (Å²) in [6.07, 6.45) is 0. The molecule has 2 rings (SSSR count). The molecule has 0 saturated heterocycles. The van der Waals surface area contributed by atoms with Gasteiger partial charge in [-0.3, -0.25) is 0 Å². The molecule has 0 bridgehead atoms. The first kappa shape index (κ1) is 11.3. The maximum absolute atomic E-state index is 12.8. The molecule has 0 fully saturated rings. The maximum Gasteiger partial charge on any atom is 0.174 e.